The van der Waals surface area contributed by atoms with E-state index in [0.717, 1.165) is 22.2 Å². The minimum absolute atomic E-state index is 0.153. The quantitative estimate of drug-likeness (QED) is 0.371. The van der Waals surface area contributed by atoms with Gasteiger partial charge < -0.3 is 9.88 Å². The van der Waals surface area contributed by atoms with Gasteiger partial charge in [-0.1, -0.05) is 42.1 Å². The van der Waals surface area contributed by atoms with Crippen LogP contribution in [-0.4, -0.2) is 36.0 Å². The number of amides is 1. The van der Waals surface area contributed by atoms with Crippen molar-refractivity contribution < 1.29 is 4.79 Å². The van der Waals surface area contributed by atoms with E-state index in [2.05, 4.69) is 26.5 Å². The number of aryl methyl sites for hydroxylation is 1. The van der Waals surface area contributed by atoms with Crippen LogP contribution in [0.5, 0.6) is 0 Å². The topological polar surface area (TPSA) is 101 Å². The molecule has 0 unspecified atom stereocenters. The number of carbonyl (C=O) groups is 1. The van der Waals surface area contributed by atoms with E-state index in [0.29, 0.717) is 28.6 Å². The summed E-state index contributed by atoms with van der Waals surface area (Å²) in [7, 11) is 1.81. The van der Waals surface area contributed by atoms with E-state index < -0.39 is 0 Å². The molecule has 4 rings (SSSR count). The van der Waals surface area contributed by atoms with Gasteiger partial charge in [-0.2, -0.15) is 10.4 Å². The molecule has 1 amide bonds. The highest BCUT2D eigenvalue weighted by atomic mass is 32.2. The third-order valence-electron chi connectivity index (χ3n) is 5.22. The van der Waals surface area contributed by atoms with Crippen LogP contribution in [0.25, 0.3) is 11.0 Å². The van der Waals surface area contributed by atoms with Crippen LogP contribution in [0.4, 0.5) is 5.82 Å². The minimum atomic E-state index is -0.205. The highest BCUT2D eigenvalue weighted by Gasteiger charge is 2.20. The van der Waals surface area contributed by atoms with Crippen LogP contribution in [0.3, 0.4) is 0 Å². The van der Waals surface area contributed by atoms with Crippen LogP contribution in [0.15, 0.2) is 47.9 Å². The summed E-state index contributed by atoms with van der Waals surface area (Å²) in [6.07, 6.45) is 3.16. The van der Waals surface area contributed by atoms with E-state index in [9.17, 15) is 10.1 Å². The molecule has 0 spiro atoms. The zero-order valence-electron chi connectivity index (χ0n) is 17.5. The van der Waals surface area contributed by atoms with Gasteiger partial charge in [-0.25, -0.2) is 9.97 Å². The van der Waals surface area contributed by atoms with Crippen molar-refractivity contribution in [2.75, 3.05) is 11.1 Å². The normalized spacial score (nSPS) is 10.9. The van der Waals surface area contributed by atoms with Gasteiger partial charge in [0.2, 0.25) is 5.91 Å². The van der Waals surface area contributed by atoms with E-state index in [4.69, 9.17) is 0 Å². The summed E-state index contributed by atoms with van der Waals surface area (Å²) in [6, 6.07) is 12.2. The molecule has 1 aromatic carbocycles. The Morgan fingerprint density at radius 1 is 1.23 bits per heavy atom. The number of nitriles is 1. The summed E-state index contributed by atoms with van der Waals surface area (Å²) in [4.78, 5) is 21.3. The van der Waals surface area contributed by atoms with Crippen molar-refractivity contribution in [3.05, 3.63) is 65.2 Å². The van der Waals surface area contributed by atoms with E-state index in [1.165, 1.54) is 18.1 Å². The number of aromatic nitrogens is 5. The predicted molar refractivity (Wildman–Crippen MR) is 120 cm³/mol. The van der Waals surface area contributed by atoms with Gasteiger partial charge >= 0.3 is 0 Å². The molecule has 156 valence electrons. The molecular weight excluding hydrogens is 410 g/mol. The highest BCUT2D eigenvalue weighted by molar-refractivity contribution is 8.00. The molecule has 0 fully saturated rings. The number of rotatable bonds is 6. The molecule has 8 nitrogen and oxygen atoms in total. The molecule has 0 bridgehead atoms. The molecule has 0 aliphatic heterocycles. The second-order valence-electron chi connectivity index (χ2n) is 7.14. The summed E-state index contributed by atoms with van der Waals surface area (Å²) >= 11 is 1.32. The molecule has 0 saturated carbocycles. The molecule has 9 heteroatoms. The first-order valence-electron chi connectivity index (χ1n) is 9.68. The summed E-state index contributed by atoms with van der Waals surface area (Å²) in [5.74, 6) is 0.477. The van der Waals surface area contributed by atoms with Gasteiger partial charge in [0.1, 0.15) is 23.2 Å². The Hall–Kier alpha value is -3.64. The van der Waals surface area contributed by atoms with Gasteiger partial charge in [0.15, 0.2) is 5.65 Å². The monoisotopic (exact) mass is 431 g/mol. The Kier molecular flexibility index (Phi) is 5.73. The Labute approximate surface area is 183 Å². The molecule has 3 aromatic heterocycles. The third kappa shape index (κ3) is 4.02. The number of fused-ring (bicyclic) bond motifs is 1. The lowest BCUT2D eigenvalue weighted by Crippen LogP contribution is -2.18. The fraction of sp³-hybridized carbons (Fsp3) is 0.227. The minimum Gasteiger partial charge on any atom is -0.326 e. The van der Waals surface area contributed by atoms with E-state index in [1.807, 2.05) is 55.8 Å². The lowest BCUT2D eigenvalue weighted by Gasteiger charge is -2.13. The van der Waals surface area contributed by atoms with Crippen molar-refractivity contribution in [3.8, 4) is 6.07 Å². The van der Waals surface area contributed by atoms with Crippen LogP contribution >= 0.6 is 11.8 Å². The molecule has 0 aliphatic carbocycles. The second kappa shape index (κ2) is 8.62. The maximum absolute atomic E-state index is 12.8. The van der Waals surface area contributed by atoms with Gasteiger partial charge in [-0.3, -0.25) is 9.48 Å². The molecule has 1 N–H and O–H groups in total. The molecular formula is C22H21N7OS. The van der Waals surface area contributed by atoms with Crippen molar-refractivity contribution in [1.29, 1.82) is 5.26 Å². The van der Waals surface area contributed by atoms with Gasteiger partial charge in [0, 0.05) is 19.3 Å². The summed E-state index contributed by atoms with van der Waals surface area (Å²) < 4.78 is 3.65. The largest absolute Gasteiger partial charge is 0.326 e. The van der Waals surface area contributed by atoms with Crippen molar-refractivity contribution in [2.45, 2.75) is 25.4 Å². The van der Waals surface area contributed by atoms with Crippen molar-refractivity contribution >= 4 is 34.5 Å². The number of benzene rings is 1. The van der Waals surface area contributed by atoms with Gasteiger partial charge in [0.25, 0.3) is 0 Å². The number of thioether (sulfide) groups is 1. The summed E-state index contributed by atoms with van der Waals surface area (Å²) in [5, 5.41) is 18.3. The maximum atomic E-state index is 12.8. The molecule has 4 aromatic rings. The number of carbonyl (C=O) groups excluding carboxylic acids is 1. The Bertz CT molecular complexity index is 1300. The Morgan fingerprint density at radius 2 is 2.00 bits per heavy atom. The molecule has 3 heterocycles. The smallest absolute Gasteiger partial charge is 0.235 e. The number of anilines is 1. The Morgan fingerprint density at radius 3 is 2.74 bits per heavy atom. The van der Waals surface area contributed by atoms with Crippen molar-refractivity contribution in [3.63, 3.8) is 0 Å². The van der Waals surface area contributed by atoms with Gasteiger partial charge in [0.05, 0.1) is 22.9 Å². The standard InChI is InChI=1S/C22H21N7OS/c1-14-15(2)29(11-16-7-5-4-6-8-16)21(17(14)9-23)27-19(30)12-31-22-18-10-26-28(3)20(18)24-13-25-22/h4-8,10,13H,11-12H2,1-3H3,(H,27,30). The predicted octanol–water partition coefficient (Wildman–Crippen LogP) is 3.43. The molecule has 0 saturated heterocycles. The van der Waals surface area contributed by atoms with Crippen molar-refractivity contribution in [1.82, 2.24) is 24.3 Å². The number of hydrogen-bond acceptors (Lipinski definition) is 6. The number of hydrogen-bond donors (Lipinski definition) is 1. The molecule has 31 heavy (non-hydrogen) atoms. The van der Waals surface area contributed by atoms with Crippen LogP contribution in [0.2, 0.25) is 0 Å². The fourth-order valence-electron chi connectivity index (χ4n) is 3.45. The number of nitrogens with one attached hydrogen (secondary N) is 1. The zero-order valence-corrected chi connectivity index (χ0v) is 18.3. The average molecular weight is 432 g/mol. The lowest BCUT2D eigenvalue weighted by molar-refractivity contribution is -0.113. The first kappa shape index (κ1) is 20.6. The average Bonchev–Trinajstić information content (AvgIpc) is 3.26. The summed E-state index contributed by atoms with van der Waals surface area (Å²) in [6.45, 7) is 4.43. The van der Waals surface area contributed by atoms with Crippen LogP contribution in [0, 0.1) is 25.2 Å². The molecule has 0 radical (unpaired) electrons. The van der Waals surface area contributed by atoms with Crippen molar-refractivity contribution in [2.24, 2.45) is 7.05 Å². The van der Waals surface area contributed by atoms with E-state index >= 15 is 0 Å². The third-order valence-corrected chi connectivity index (χ3v) is 6.22. The van der Waals surface area contributed by atoms with Crippen LogP contribution < -0.4 is 5.32 Å². The fourth-order valence-corrected chi connectivity index (χ4v) is 4.21. The van der Waals surface area contributed by atoms with E-state index in [-0.39, 0.29) is 11.7 Å². The zero-order chi connectivity index (χ0) is 22.0. The highest BCUT2D eigenvalue weighted by Crippen LogP contribution is 2.28. The number of nitrogens with zero attached hydrogens (tertiary/aromatic N) is 6. The first-order chi connectivity index (χ1) is 15.0. The SMILES string of the molecule is Cc1c(C#N)c(NC(=O)CSc2ncnc3c2cnn3C)n(Cc2ccccc2)c1C. The summed E-state index contributed by atoms with van der Waals surface area (Å²) in [5.41, 5.74) is 4.12. The van der Waals surface area contributed by atoms with Crippen LogP contribution in [-0.2, 0) is 18.4 Å². The second-order valence-corrected chi connectivity index (χ2v) is 8.10. The van der Waals surface area contributed by atoms with E-state index in [1.54, 1.807) is 10.9 Å². The lowest BCUT2D eigenvalue weighted by atomic mass is 10.2. The van der Waals surface area contributed by atoms with Gasteiger partial charge in [-0.05, 0) is 25.0 Å². The molecule has 0 aliphatic rings. The van der Waals surface area contributed by atoms with Crippen LogP contribution in [0.1, 0.15) is 22.4 Å². The molecule has 0 atom stereocenters. The first-order valence-corrected chi connectivity index (χ1v) is 10.7. The maximum Gasteiger partial charge on any atom is 0.235 e. The van der Waals surface area contributed by atoms with Gasteiger partial charge in [-0.15, -0.1) is 0 Å². The Balaban J connectivity index is 1.56.